The number of hydrogen-bond donors (Lipinski definition) is 0. The minimum absolute atomic E-state index is 0.135. The first kappa shape index (κ1) is 19.8. The average molecular weight is 400 g/mol. The van der Waals surface area contributed by atoms with Crippen LogP contribution in [-0.4, -0.2) is 19.2 Å². The second-order valence-corrected chi connectivity index (χ2v) is 9.12. The van der Waals surface area contributed by atoms with Crippen molar-refractivity contribution in [3.05, 3.63) is 59.1 Å². The molecule has 5 heteroatoms. The Labute approximate surface area is 169 Å². The highest BCUT2D eigenvalue weighted by Crippen LogP contribution is 2.36. The zero-order chi connectivity index (χ0) is 19.4. The predicted octanol–water partition coefficient (Wildman–Crippen LogP) is 6.42. The summed E-state index contributed by atoms with van der Waals surface area (Å²) in [6.45, 7) is 6.76. The largest absolute Gasteiger partial charge is 0.493 e. The van der Waals surface area contributed by atoms with Crippen LogP contribution in [0.5, 0.6) is 11.5 Å². The Bertz CT molecular complexity index is 913. The molecule has 0 aliphatic carbocycles. The van der Waals surface area contributed by atoms with Gasteiger partial charge in [-0.3, -0.25) is 0 Å². The highest BCUT2D eigenvalue weighted by molar-refractivity contribution is 7.98. The Hall–Kier alpha value is -1.98. The molecule has 0 aliphatic rings. The van der Waals surface area contributed by atoms with Crippen LogP contribution in [0.3, 0.4) is 0 Å². The van der Waals surface area contributed by atoms with Gasteiger partial charge in [0.2, 0.25) is 0 Å². The van der Waals surface area contributed by atoms with Gasteiger partial charge in [0.1, 0.15) is 5.01 Å². The molecular weight excluding hydrogens is 374 g/mol. The zero-order valence-electron chi connectivity index (χ0n) is 16.4. The maximum atomic E-state index is 5.40. The first-order valence-electron chi connectivity index (χ1n) is 8.81. The maximum absolute atomic E-state index is 5.40. The van der Waals surface area contributed by atoms with Crippen LogP contribution in [0, 0.1) is 0 Å². The van der Waals surface area contributed by atoms with E-state index in [1.165, 1.54) is 10.5 Å². The smallest absolute Gasteiger partial charge is 0.161 e. The molecule has 0 aliphatic heterocycles. The number of ether oxygens (including phenoxy) is 2. The number of rotatable bonds is 6. The molecule has 3 nitrogen and oxygen atoms in total. The predicted molar refractivity (Wildman–Crippen MR) is 115 cm³/mol. The number of nitrogens with zero attached hydrogens (tertiary/aromatic N) is 1. The third kappa shape index (κ3) is 4.66. The fourth-order valence-electron chi connectivity index (χ4n) is 2.84. The van der Waals surface area contributed by atoms with Crippen LogP contribution in [-0.2, 0) is 11.2 Å². The topological polar surface area (TPSA) is 31.4 Å². The van der Waals surface area contributed by atoms with Crippen molar-refractivity contribution < 1.29 is 9.47 Å². The van der Waals surface area contributed by atoms with Crippen molar-refractivity contribution >= 4 is 23.1 Å². The van der Waals surface area contributed by atoms with E-state index in [1.807, 2.05) is 30.0 Å². The molecule has 0 saturated carbocycles. The van der Waals surface area contributed by atoms with Gasteiger partial charge in [-0.1, -0.05) is 39.0 Å². The number of hydrogen-bond acceptors (Lipinski definition) is 5. The van der Waals surface area contributed by atoms with Crippen molar-refractivity contribution in [2.75, 3.05) is 14.2 Å². The minimum Gasteiger partial charge on any atom is -0.493 e. The van der Waals surface area contributed by atoms with Crippen LogP contribution in [0.2, 0.25) is 0 Å². The molecule has 2 aromatic carbocycles. The Balaban J connectivity index is 1.76. The van der Waals surface area contributed by atoms with Gasteiger partial charge in [0.15, 0.2) is 11.5 Å². The summed E-state index contributed by atoms with van der Waals surface area (Å²) in [5, 5.41) is 3.13. The van der Waals surface area contributed by atoms with Gasteiger partial charge >= 0.3 is 0 Å². The molecule has 0 spiro atoms. The van der Waals surface area contributed by atoms with E-state index in [2.05, 4.69) is 50.4 Å². The number of aromatic nitrogens is 1. The van der Waals surface area contributed by atoms with Crippen LogP contribution >= 0.6 is 23.1 Å². The van der Waals surface area contributed by atoms with Crippen molar-refractivity contribution in [3.8, 4) is 22.1 Å². The third-order valence-corrected chi connectivity index (χ3v) is 6.30. The van der Waals surface area contributed by atoms with Gasteiger partial charge < -0.3 is 9.47 Å². The van der Waals surface area contributed by atoms with E-state index >= 15 is 0 Å². The lowest BCUT2D eigenvalue weighted by Gasteiger charge is -2.22. The first-order valence-corrected chi connectivity index (χ1v) is 10.7. The molecule has 3 aromatic rings. The van der Waals surface area contributed by atoms with E-state index in [0.29, 0.717) is 0 Å². The summed E-state index contributed by atoms with van der Waals surface area (Å²) >= 11 is 3.51. The molecule has 3 rings (SSSR count). The van der Waals surface area contributed by atoms with Crippen molar-refractivity contribution in [1.29, 1.82) is 0 Å². The van der Waals surface area contributed by atoms with E-state index in [4.69, 9.17) is 14.5 Å². The van der Waals surface area contributed by atoms with Gasteiger partial charge in [-0.15, -0.1) is 23.1 Å². The van der Waals surface area contributed by atoms with Gasteiger partial charge in [0.25, 0.3) is 0 Å². The standard InChI is InChI=1S/C22H25NO2S2/c1-22(2,3)17-8-6-7-9-20(17)26-13-16-14-27-21(23-16)15-10-11-18(24-4)19(12-15)25-5/h6-12,14H,13H2,1-5H3. The number of thioether (sulfide) groups is 1. The molecule has 1 heterocycles. The number of methoxy groups -OCH3 is 2. The highest BCUT2D eigenvalue weighted by atomic mass is 32.2. The van der Waals surface area contributed by atoms with E-state index < -0.39 is 0 Å². The summed E-state index contributed by atoms with van der Waals surface area (Å²) in [7, 11) is 3.30. The van der Waals surface area contributed by atoms with Crippen LogP contribution in [0.15, 0.2) is 52.7 Å². The summed E-state index contributed by atoms with van der Waals surface area (Å²) in [6.07, 6.45) is 0. The molecule has 0 N–H and O–H groups in total. The Kier molecular flexibility index (Phi) is 6.12. The molecule has 0 saturated heterocycles. The summed E-state index contributed by atoms with van der Waals surface area (Å²) in [5.41, 5.74) is 3.66. The lowest BCUT2D eigenvalue weighted by molar-refractivity contribution is 0.355. The van der Waals surface area contributed by atoms with Crippen LogP contribution in [0.1, 0.15) is 32.0 Å². The molecule has 0 unspecified atom stereocenters. The summed E-state index contributed by atoms with van der Waals surface area (Å²) < 4.78 is 10.7. The van der Waals surface area contributed by atoms with Crippen molar-refractivity contribution in [1.82, 2.24) is 4.98 Å². The molecule has 142 valence electrons. The van der Waals surface area contributed by atoms with Crippen LogP contribution < -0.4 is 9.47 Å². The highest BCUT2D eigenvalue weighted by Gasteiger charge is 2.18. The molecule has 0 amide bonds. The zero-order valence-corrected chi connectivity index (χ0v) is 18.0. The fraction of sp³-hybridized carbons (Fsp3) is 0.318. The minimum atomic E-state index is 0.135. The normalized spacial score (nSPS) is 11.4. The molecule has 0 bridgehead atoms. The monoisotopic (exact) mass is 399 g/mol. The third-order valence-electron chi connectivity index (χ3n) is 4.25. The number of benzene rings is 2. The van der Waals surface area contributed by atoms with Crippen LogP contribution in [0.25, 0.3) is 10.6 Å². The SMILES string of the molecule is COc1ccc(-c2nc(CSc3ccccc3C(C)(C)C)cs2)cc1OC. The Morgan fingerprint density at radius 2 is 1.74 bits per heavy atom. The van der Waals surface area contributed by atoms with E-state index in [0.717, 1.165) is 33.5 Å². The van der Waals surface area contributed by atoms with Gasteiger partial charge in [0.05, 0.1) is 19.9 Å². The maximum Gasteiger partial charge on any atom is 0.161 e. The van der Waals surface area contributed by atoms with Crippen LogP contribution in [0.4, 0.5) is 0 Å². The molecule has 0 radical (unpaired) electrons. The van der Waals surface area contributed by atoms with Gasteiger partial charge in [-0.2, -0.15) is 0 Å². The van der Waals surface area contributed by atoms with Crippen molar-refractivity contribution in [3.63, 3.8) is 0 Å². The average Bonchev–Trinajstić information content (AvgIpc) is 3.14. The second-order valence-electron chi connectivity index (χ2n) is 7.25. The quantitative estimate of drug-likeness (QED) is 0.448. The lowest BCUT2D eigenvalue weighted by atomic mass is 9.87. The first-order chi connectivity index (χ1) is 12.9. The van der Waals surface area contributed by atoms with E-state index in [-0.39, 0.29) is 5.41 Å². The second kappa shape index (κ2) is 8.36. The molecule has 0 atom stereocenters. The Morgan fingerprint density at radius 1 is 1.00 bits per heavy atom. The Morgan fingerprint density at radius 3 is 2.44 bits per heavy atom. The van der Waals surface area contributed by atoms with E-state index in [1.54, 1.807) is 25.6 Å². The van der Waals surface area contributed by atoms with Gasteiger partial charge in [-0.05, 0) is 35.2 Å². The number of thiazole rings is 1. The molecule has 27 heavy (non-hydrogen) atoms. The van der Waals surface area contributed by atoms with Crippen molar-refractivity contribution in [2.24, 2.45) is 0 Å². The van der Waals surface area contributed by atoms with Gasteiger partial charge in [-0.25, -0.2) is 4.98 Å². The fourth-order valence-corrected chi connectivity index (χ4v) is 4.92. The molecule has 1 aromatic heterocycles. The summed E-state index contributed by atoms with van der Waals surface area (Å²) in [5.74, 6) is 2.31. The van der Waals surface area contributed by atoms with E-state index in [9.17, 15) is 0 Å². The summed E-state index contributed by atoms with van der Waals surface area (Å²) in [6, 6.07) is 14.6. The van der Waals surface area contributed by atoms with Gasteiger partial charge in [0, 0.05) is 21.6 Å². The molecular formula is C22H25NO2S2. The lowest BCUT2D eigenvalue weighted by Crippen LogP contribution is -2.12. The molecule has 0 fully saturated rings. The van der Waals surface area contributed by atoms with Crippen molar-refractivity contribution in [2.45, 2.75) is 36.8 Å². The summed E-state index contributed by atoms with van der Waals surface area (Å²) in [4.78, 5) is 6.14.